The zero-order chi connectivity index (χ0) is 13.1. The molecule has 1 aromatic heterocycles. The third kappa shape index (κ3) is 2.50. The van der Waals surface area contributed by atoms with Crippen molar-refractivity contribution in [2.45, 2.75) is 33.6 Å². The molecular weight excluding hydrogens is 224 g/mol. The third-order valence-corrected chi connectivity index (χ3v) is 3.21. The van der Waals surface area contributed by atoms with Crippen LogP contribution in [0.4, 0.5) is 0 Å². The van der Waals surface area contributed by atoms with Crippen molar-refractivity contribution in [1.82, 2.24) is 9.97 Å². The monoisotopic (exact) mass is 242 g/mol. The SMILES string of the molecule is CCc1ccccc1Cc1c(C)nc(C)[nH]c1=O. The van der Waals surface area contributed by atoms with Gasteiger partial charge in [-0.25, -0.2) is 4.98 Å². The molecule has 0 aliphatic rings. The van der Waals surface area contributed by atoms with Crippen LogP contribution in [0.2, 0.25) is 0 Å². The molecule has 3 nitrogen and oxygen atoms in total. The van der Waals surface area contributed by atoms with Crippen molar-refractivity contribution in [3.8, 4) is 0 Å². The Kier molecular flexibility index (Phi) is 3.60. The molecule has 2 aromatic rings. The van der Waals surface area contributed by atoms with Crippen LogP contribution in [-0.2, 0) is 12.8 Å². The van der Waals surface area contributed by atoms with E-state index in [0.29, 0.717) is 12.2 Å². The van der Waals surface area contributed by atoms with Crippen LogP contribution in [0.25, 0.3) is 0 Å². The van der Waals surface area contributed by atoms with Gasteiger partial charge in [0.05, 0.1) is 0 Å². The minimum atomic E-state index is -0.0223. The predicted octanol–water partition coefficient (Wildman–Crippen LogP) is 2.54. The van der Waals surface area contributed by atoms with Gasteiger partial charge in [-0.1, -0.05) is 31.2 Å². The summed E-state index contributed by atoms with van der Waals surface area (Å²) in [6.07, 6.45) is 1.63. The van der Waals surface area contributed by atoms with E-state index in [4.69, 9.17) is 0 Å². The van der Waals surface area contributed by atoms with Gasteiger partial charge in [-0.2, -0.15) is 0 Å². The van der Waals surface area contributed by atoms with Gasteiger partial charge in [-0.05, 0) is 31.4 Å². The minimum absolute atomic E-state index is 0.0223. The zero-order valence-corrected chi connectivity index (χ0v) is 11.1. The van der Waals surface area contributed by atoms with Crippen molar-refractivity contribution >= 4 is 0 Å². The maximum Gasteiger partial charge on any atom is 0.254 e. The highest BCUT2D eigenvalue weighted by Gasteiger charge is 2.09. The first kappa shape index (κ1) is 12.6. The Bertz CT molecular complexity index is 614. The Balaban J connectivity index is 2.43. The Morgan fingerprint density at radius 1 is 1.17 bits per heavy atom. The van der Waals surface area contributed by atoms with Crippen molar-refractivity contribution in [3.05, 3.63) is 62.8 Å². The summed E-state index contributed by atoms with van der Waals surface area (Å²) in [5, 5.41) is 0. The predicted molar refractivity (Wildman–Crippen MR) is 73.0 cm³/mol. The molecule has 0 saturated carbocycles. The van der Waals surface area contributed by atoms with Gasteiger partial charge >= 0.3 is 0 Å². The maximum atomic E-state index is 12.0. The lowest BCUT2D eigenvalue weighted by atomic mass is 9.98. The number of aryl methyl sites for hydroxylation is 3. The Morgan fingerprint density at radius 3 is 2.44 bits per heavy atom. The molecule has 0 bridgehead atoms. The molecule has 0 saturated heterocycles. The second-order valence-corrected chi connectivity index (χ2v) is 4.51. The molecule has 0 fully saturated rings. The van der Waals surface area contributed by atoms with E-state index in [1.54, 1.807) is 6.92 Å². The zero-order valence-electron chi connectivity index (χ0n) is 11.1. The smallest absolute Gasteiger partial charge is 0.254 e. The summed E-state index contributed by atoms with van der Waals surface area (Å²) < 4.78 is 0. The molecule has 18 heavy (non-hydrogen) atoms. The van der Waals surface area contributed by atoms with Crippen LogP contribution >= 0.6 is 0 Å². The quantitative estimate of drug-likeness (QED) is 0.899. The topological polar surface area (TPSA) is 45.8 Å². The fourth-order valence-electron chi connectivity index (χ4n) is 2.22. The van der Waals surface area contributed by atoms with Gasteiger partial charge < -0.3 is 4.98 Å². The van der Waals surface area contributed by atoms with Crippen molar-refractivity contribution in [2.75, 3.05) is 0 Å². The summed E-state index contributed by atoms with van der Waals surface area (Å²) in [6.45, 7) is 5.83. The molecule has 0 aliphatic heterocycles. The highest BCUT2D eigenvalue weighted by Crippen LogP contribution is 2.14. The van der Waals surface area contributed by atoms with Crippen molar-refractivity contribution in [1.29, 1.82) is 0 Å². The Labute approximate surface area is 107 Å². The lowest BCUT2D eigenvalue weighted by Crippen LogP contribution is -2.18. The van der Waals surface area contributed by atoms with Gasteiger partial charge in [0.15, 0.2) is 0 Å². The van der Waals surface area contributed by atoms with Crippen LogP contribution < -0.4 is 5.56 Å². The highest BCUT2D eigenvalue weighted by molar-refractivity contribution is 5.33. The van der Waals surface area contributed by atoms with Crippen molar-refractivity contribution in [3.63, 3.8) is 0 Å². The van der Waals surface area contributed by atoms with Crippen LogP contribution in [0.15, 0.2) is 29.1 Å². The van der Waals surface area contributed by atoms with Gasteiger partial charge in [0.1, 0.15) is 5.82 Å². The molecule has 1 N–H and O–H groups in total. The maximum absolute atomic E-state index is 12.0. The van der Waals surface area contributed by atoms with E-state index in [1.165, 1.54) is 11.1 Å². The van der Waals surface area contributed by atoms with E-state index in [9.17, 15) is 4.79 Å². The van der Waals surface area contributed by atoms with Gasteiger partial charge in [0, 0.05) is 17.7 Å². The molecule has 0 radical (unpaired) electrons. The van der Waals surface area contributed by atoms with Crippen LogP contribution in [0.1, 0.15) is 35.1 Å². The number of rotatable bonds is 3. The summed E-state index contributed by atoms with van der Waals surface area (Å²) >= 11 is 0. The first-order chi connectivity index (χ1) is 8.61. The summed E-state index contributed by atoms with van der Waals surface area (Å²) in [7, 11) is 0. The van der Waals surface area contributed by atoms with E-state index in [1.807, 2.05) is 19.1 Å². The van der Waals surface area contributed by atoms with Crippen LogP contribution in [0, 0.1) is 13.8 Å². The standard InChI is InChI=1S/C15H18N2O/c1-4-12-7-5-6-8-13(12)9-14-10(2)16-11(3)17-15(14)18/h5-8H,4,9H2,1-3H3,(H,16,17,18). The fourth-order valence-corrected chi connectivity index (χ4v) is 2.22. The van der Waals surface area contributed by atoms with Gasteiger partial charge in [0.2, 0.25) is 0 Å². The number of hydrogen-bond acceptors (Lipinski definition) is 2. The first-order valence-corrected chi connectivity index (χ1v) is 6.25. The number of aromatic amines is 1. The molecule has 0 unspecified atom stereocenters. The highest BCUT2D eigenvalue weighted by atomic mass is 16.1. The van der Waals surface area contributed by atoms with Gasteiger partial charge in [-0.15, -0.1) is 0 Å². The van der Waals surface area contributed by atoms with Gasteiger partial charge in [0.25, 0.3) is 5.56 Å². The van der Waals surface area contributed by atoms with Crippen molar-refractivity contribution < 1.29 is 0 Å². The molecule has 1 aromatic carbocycles. The number of H-pyrrole nitrogens is 1. The molecule has 94 valence electrons. The largest absolute Gasteiger partial charge is 0.311 e. The van der Waals surface area contributed by atoms with E-state index in [-0.39, 0.29) is 5.56 Å². The molecule has 0 aliphatic carbocycles. The average Bonchev–Trinajstić information content (AvgIpc) is 2.34. The first-order valence-electron chi connectivity index (χ1n) is 6.25. The average molecular weight is 242 g/mol. The van der Waals surface area contributed by atoms with Gasteiger partial charge in [-0.3, -0.25) is 4.79 Å². The molecular formula is C15H18N2O. The lowest BCUT2D eigenvalue weighted by Gasteiger charge is -2.09. The number of nitrogens with one attached hydrogen (secondary N) is 1. The molecule has 1 heterocycles. The second-order valence-electron chi connectivity index (χ2n) is 4.51. The number of hydrogen-bond donors (Lipinski definition) is 1. The molecule has 3 heteroatoms. The summed E-state index contributed by atoms with van der Waals surface area (Å²) in [6, 6.07) is 8.24. The van der Waals surface area contributed by atoms with Crippen LogP contribution in [0.5, 0.6) is 0 Å². The second kappa shape index (κ2) is 5.17. The van der Waals surface area contributed by atoms with E-state index in [2.05, 4.69) is 29.0 Å². The Morgan fingerprint density at radius 2 is 1.83 bits per heavy atom. The summed E-state index contributed by atoms with van der Waals surface area (Å²) in [5.41, 5.74) is 4.06. The lowest BCUT2D eigenvalue weighted by molar-refractivity contribution is 0.920. The summed E-state index contributed by atoms with van der Waals surface area (Å²) in [4.78, 5) is 19.1. The number of aromatic nitrogens is 2. The van der Waals surface area contributed by atoms with Crippen LogP contribution in [0.3, 0.4) is 0 Å². The fraction of sp³-hybridized carbons (Fsp3) is 0.333. The molecule has 2 rings (SSSR count). The van der Waals surface area contributed by atoms with E-state index in [0.717, 1.165) is 17.7 Å². The Hall–Kier alpha value is -1.90. The van der Waals surface area contributed by atoms with E-state index >= 15 is 0 Å². The minimum Gasteiger partial charge on any atom is -0.311 e. The van der Waals surface area contributed by atoms with Crippen LogP contribution in [-0.4, -0.2) is 9.97 Å². The molecule has 0 spiro atoms. The summed E-state index contributed by atoms with van der Waals surface area (Å²) in [5.74, 6) is 0.671. The number of benzene rings is 1. The number of nitrogens with zero attached hydrogens (tertiary/aromatic N) is 1. The normalized spacial score (nSPS) is 10.6. The molecule has 0 atom stereocenters. The third-order valence-electron chi connectivity index (χ3n) is 3.21. The van der Waals surface area contributed by atoms with Crippen molar-refractivity contribution in [2.24, 2.45) is 0 Å². The van der Waals surface area contributed by atoms with E-state index < -0.39 is 0 Å². The molecule has 0 amide bonds.